The number of fused-ring (bicyclic) bond motifs is 2. The van der Waals surface area contributed by atoms with Crippen molar-refractivity contribution in [1.82, 2.24) is 24.5 Å². The second kappa shape index (κ2) is 7.65. The van der Waals surface area contributed by atoms with Gasteiger partial charge < -0.3 is 9.67 Å². The first kappa shape index (κ1) is 20.5. The van der Waals surface area contributed by atoms with Crippen LogP contribution in [-0.4, -0.2) is 35.6 Å². The van der Waals surface area contributed by atoms with Crippen molar-refractivity contribution in [3.63, 3.8) is 0 Å². The summed E-state index contributed by atoms with van der Waals surface area (Å²) in [6.45, 7) is 8.15. The summed E-state index contributed by atoms with van der Waals surface area (Å²) in [4.78, 5) is 10.9. The third-order valence-corrected chi connectivity index (χ3v) is 6.63. The second-order valence-corrected chi connectivity index (χ2v) is 9.52. The molecular formula is C25H29N5O2. The molecule has 4 aromatic rings. The van der Waals surface area contributed by atoms with Gasteiger partial charge in [0.15, 0.2) is 0 Å². The molecule has 0 spiro atoms. The number of H-pyrrole nitrogens is 1. The zero-order valence-corrected chi connectivity index (χ0v) is 18.9. The highest BCUT2D eigenvalue weighted by Gasteiger charge is 2.31. The van der Waals surface area contributed by atoms with Crippen LogP contribution in [0.1, 0.15) is 44.9 Å². The molecule has 0 radical (unpaired) electrons. The molecule has 3 aromatic heterocycles. The van der Waals surface area contributed by atoms with Crippen molar-refractivity contribution in [2.24, 2.45) is 5.41 Å². The quantitative estimate of drug-likeness (QED) is 0.454. The van der Waals surface area contributed by atoms with Gasteiger partial charge in [-0.1, -0.05) is 19.9 Å². The van der Waals surface area contributed by atoms with Gasteiger partial charge in [0.1, 0.15) is 5.69 Å². The largest absolute Gasteiger partial charge is 0.481 e. The minimum atomic E-state index is -0.788. The average Bonchev–Trinajstić information content (AvgIpc) is 3.47. The SMILES string of the molecule is CCn1nc(-c2cc(-c3ccc4c(ccn4CCC(=O)O)c3)n[nH]2)c2c1CC(C)(C)CC2. The summed E-state index contributed by atoms with van der Waals surface area (Å²) < 4.78 is 4.13. The minimum absolute atomic E-state index is 0.111. The van der Waals surface area contributed by atoms with E-state index in [0.717, 1.165) is 52.9 Å². The van der Waals surface area contributed by atoms with Crippen LogP contribution in [0.3, 0.4) is 0 Å². The maximum atomic E-state index is 10.9. The third-order valence-electron chi connectivity index (χ3n) is 6.63. The molecule has 2 N–H and O–H groups in total. The van der Waals surface area contributed by atoms with Gasteiger partial charge in [0, 0.05) is 47.0 Å². The summed E-state index contributed by atoms with van der Waals surface area (Å²) in [5.41, 5.74) is 7.96. The molecule has 0 amide bonds. The first-order chi connectivity index (χ1) is 15.3. The third kappa shape index (κ3) is 3.61. The van der Waals surface area contributed by atoms with E-state index in [1.807, 2.05) is 29.0 Å². The number of benzene rings is 1. The van der Waals surface area contributed by atoms with Gasteiger partial charge in [0.05, 0.1) is 17.8 Å². The Morgan fingerprint density at radius 3 is 2.88 bits per heavy atom. The van der Waals surface area contributed by atoms with E-state index in [2.05, 4.69) is 47.8 Å². The Morgan fingerprint density at radius 1 is 1.25 bits per heavy atom. The Labute approximate surface area is 187 Å². The molecule has 0 fully saturated rings. The molecule has 0 saturated carbocycles. The number of carboxylic acids is 1. The van der Waals surface area contributed by atoms with E-state index >= 15 is 0 Å². The van der Waals surface area contributed by atoms with Crippen molar-refractivity contribution >= 4 is 16.9 Å². The van der Waals surface area contributed by atoms with E-state index in [0.29, 0.717) is 12.0 Å². The molecule has 1 aromatic carbocycles. The van der Waals surface area contributed by atoms with Crippen molar-refractivity contribution in [2.75, 3.05) is 0 Å². The van der Waals surface area contributed by atoms with Crippen molar-refractivity contribution in [3.8, 4) is 22.6 Å². The molecule has 166 valence electrons. The number of nitrogens with one attached hydrogen (secondary N) is 1. The lowest BCUT2D eigenvalue weighted by Gasteiger charge is -2.30. The fourth-order valence-electron chi connectivity index (χ4n) is 4.84. The van der Waals surface area contributed by atoms with Gasteiger partial charge in [0.2, 0.25) is 0 Å². The van der Waals surface area contributed by atoms with Crippen LogP contribution in [0.25, 0.3) is 33.5 Å². The van der Waals surface area contributed by atoms with E-state index in [1.54, 1.807) is 0 Å². The monoisotopic (exact) mass is 431 g/mol. The van der Waals surface area contributed by atoms with Crippen molar-refractivity contribution in [3.05, 3.63) is 47.8 Å². The summed E-state index contributed by atoms with van der Waals surface area (Å²) in [6.07, 6.45) is 5.32. The van der Waals surface area contributed by atoms with Crippen LogP contribution in [0.5, 0.6) is 0 Å². The number of carboxylic acid groups (broad SMARTS) is 1. The summed E-state index contributed by atoms with van der Waals surface area (Å²) >= 11 is 0. The van der Waals surface area contributed by atoms with Crippen LogP contribution in [-0.2, 0) is 30.7 Å². The van der Waals surface area contributed by atoms with Gasteiger partial charge in [-0.05, 0) is 55.9 Å². The predicted molar refractivity (Wildman–Crippen MR) is 124 cm³/mol. The lowest BCUT2D eigenvalue weighted by molar-refractivity contribution is -0.137. The molecule has 1 aliphatic rings. The van der Waals surface area contributed by atoms with Crippen LogP contribution < -0.4 is 0 Å². The van der Waals surface area contributed by atoms with Gasteiger partial charge in [-0.15, -0.1) is 0 Å². The Morgan fingerprint density at radius 2 is 2.09 bits per heavy atom. The Kier molecular flexibility index (Phi) is 4.92. The molecule has 1 aliphatic carbocycles. The lowest BCUT2D eigenvalue weighted by Crippen LogP contribution is -2.24. The molecule has 7 nitrogen and oxygen atoms in total. The minimum Gasteiger partial charge on any atom is -0.481 e. The van der Waals surface area contributed by atoms with Crippen molar-refractivity contribution < 1.29 is 9.90 Å². The molecule has 0 bridgehead atoms. The molecule has 32 heavy (non-hydrogen) atoms. The van der Waals surface area contributed by atoms with Crippen LogP contribution in [0, 0.1) is 5.41 Å². The number of rotatable bonds is 6. The topological polar surface area (TPSA) is 88.7 Å². The fraction of sp³-hybridized carbons (Fsp3) is 0.400. The van der Waals surface area contributed by atoms with E-state index in [-0.39, 0.29) is 6.42 Å². The summed E-state index contributed by atoms with van der Waals surface area (Å²) in [6, 6.07) is 10.3. The zero-order chi connectivity index (χ0) is 22.5. The molecule has 0 atom stereocenters. The predicted octanol–water partition coefficient (Wildman–Crippen LogP) is 4.90. The number of carbonyl (C=O) groups is 1. The van der Waals surface area contributed by atoms with Crippen molar-refractivity contribution in [1.29, 1.82) is 0 Å². The van der Waals surface area contributed by atoms with Gasteiger partial charge in [-0.2, -0.15) is 10.2 Å². The molecule has 0 unspecified atom stereocenters. The Hall–Kier alpha value is -3.35. The van der Waals surface area contributed by atoms with Crippen LogP contribution in [0.2, 0.25) is 0 Å². The smallest absolute Gasteiger partial charge is 0.305 e. The molecule has 3 heterocycles. The van der Waals surface area contributed by atoms with Crippen LogP contribution in [0.4, 0.5) is 0 Å². The van der Waals surface area contributed by atoms with Gasteiger partial charge in [-0.3, -0.25) is 14.6 Å². The van der Waals surface area contributed by atoms with E-state index in [1.165, 1.54) is 17.7 Å². The van der Waals surface area contributed by atoms with E-state index in [9.17, 15) is 4.79 Å². The van der Waals surface area contributed by atoms with Gasteiger partial charge in [-0.25, -0.2) is 0 Å². The highest BCUT2D eigenvalue weighted by Crippen LogP contribution is 2.39. The number of aliphatic carboxylic acids is 1. The number of aromatic amines is 1. The average molecular weight is 432 g/mol. The number of aryl methyl sites for hydroxylation is 2. The maximum absolute atomic E-state index is 10.9. The van der Waals surface area contributed by atoms with Crippen LogP contribution in [0.15, 0.2) is 36.5 Å². The lowest BCUT2D eigenvalue weighted by atomic mass is 9.76. The Bertz CT molecular complexity index is 1310. The number of nitrogens with zero attached hydrogens (tertiary/aromatic N) is 4. The first-order valence-electron chi connectivity index (χ1n) is 11.3. The number of hydrogen-bond donors (Lipinski definition) is 2. The fourth-order valence-corrected chi connectivity index (χ4v) is 4.84. The van der Waals surface area contributed by atoms with Crippen LogP contribution >= 0.6 is 0 Å². The van der Waals surface area contributed by atoms with E-state index < -0.39 is 5.97 Å². The Balaban J connectivity index is 1.46. The molecule has 7 heteroatoms. The number of aromatic nitrogens is 5. The maximum Gasteiger partial charge on any atom is 0.305 e. The second-order valence-electron chi connectivity index (χ2n) is 9.52. The molecule has 0 saturated heterocycles. The standard InChI is InChI=1S/C25H29N5O2/c1-4-30-22-15-25(2,3)10-7-18(22)24(28-30)20-14-19(26-27-20)16-5-6-21-17(13-16)8-11-29(21)12-9-23(31)32/h5-6,8,11,13-14H,4,7,9-10,12,15H2,1-3H3,(H,26,27)(H,31,32). The summed E-state index contributed by atoms with van der Waals surface area (Å²) in [5.74, 6) is -0.788. The normalized spacial score (nSPS) is 15.2. The molecule has 5 rings (SSSR count). The summed E-state index contributed by atoms with van der Waals surface area (Å²) in [7, 11) is 0. The van der Waals surface area contributed by atoms with Gasteiger partial charge in [0.25, 0.3) is 0 Å². The highest BCUT2D eigenvalue weighted by atomic mass is 16.4. The summed E-state index contributed by atoms with van der Waals surface area (Å²) in [5, 5.41) is 22.8. The molecular weight excluding hydrogens is 402 g/mol. The van der Waals surface area contributed by atoms with Gasteiger partial charge >= 0.3 is 5.97 Å². The van der Waals surface area contributed by atoms with Crippen molar-refractivity contribution in [2.45, 2.75) is 59.5 Å². The zero-order valence-electron chi connectivity index (χ0n) is 18.9. The highest BCUT2D eigenvalue weighted by molar-refractivity contribution is 5.85. The molecule has 0 aliphatic heterocycles. The number of hydrogen-bond acceptors (Lipinski definition) is 3. The van der Waals surface area contributed by atoms with E-state index in [4.69, 9.17) is 10.2 Å². The first-order valence-corrected chi connectivity index (χ1v) is 11.3.